The Morgan fingerprint density at radius 3 is 0.882 bits per heavy atom. The molecule has 101 valence electrons. The fourth-order valence-electron chi connectivity index (χ4n) is 1.27. The van der Waals surface area contributed by atoms with Gasteiger partial charge in [0.15, 0.2) is 35.2 Å². The Morgan fingerprint density at radius 1 is 0.588 bits per heavy atom. The molecule has 0 unspecified atom stereocenters. The molecule has 0 heterocycles. The fourth-order valence-corrected chi connectivity index (χ4v) is 6.95. The maximum absolute atomic E-state index is 6.05. The molecule has 0 fully saturated rings. The molecule has 0 N–H and O–H groups in total. The predicted molar refractivity (Wildman–Crippen MR) is 81.8 cm³/mol. The molecule has 0 amide bonds. The summed E-state index contributed by atoms with van der Waals surface area (Å²) in [4.78, 5) is 0. The van der Waals surface area contributed by atoms with Crippen molar-refractivity contribution < 1.29 is 13.3 Å². The van der Waals surface area contributed by atoms with Crippen LogP contribution in [0.4, 0.5) is 0 Å². The van der Waals surface area contributed by atoms with Gasteiger partial charge in [-0.1, -0.05) is 0 Å². The molecule has 0 aromatic heterocycles. The van der Waals surface area contributed by atoms with Gasteiger partial charge in [-0.2, -0.15) is 0 Å². The number of rotatable bonds is 6. The monoisotopic (exact) mass is 307 g/mol. The van der Waals surface area contributed by atoms with Crippen molar-refractivity contribution in [1.29, 1.82) is 0 Å². The maximum Gasteiger partial charge on any atom is 0.221 e. The normalized spacial score (nSPS) is 15.2. The molecule has 0 rings (SSSR count). The van der Waals surface area contributed by atoms with Crippen LogP contribution in [0.15, 0.2) is 0 Å². The van der Waals surface area contributed by atoms with Crippen molar-refractivity contribution in [1.82, 2.24) is 0 Å². The van der Waals surface area contributed by atoms with Crippen molar-refractivity contribution in [3.8, 4) is 0 Å². The van der Waals surface area contributed by atoms with Crippen LogP contribution in [0.5, 0.6) is 0 Å². The van der Waals surface area contributed by atoms with E-state index in [-0.39, 0.29) is 0 Å². The Hall–Kier alpha value is 0.748. The van der Waals surface area contributed by atoms with E-state index >= 15 is 0 Å². The molecule has 3 radical (unpaired) electrons. The van der Waals surface area contributed by atoms with E-state index in [9.17, 15) is 0 Å². The second kappa shape index (κ2) is 5.39. The standard InChI is InChI=1S/C10H27O3Si4/c1-15(2,3)11-10(14,12-16(4,5)6)13-17(7,8)9/h1-9H3. The summed E-state index contributed by atoms with van der Waals surface area (Å²) in [6.45, 7) is 19.2. The van der Waals surface area contributed by atoms with Crippen molar-refractivity contribution in [2.45, 2.75) is 64.5 Å². The van der Waals surface area contributed by atoms with E-state index in [1.54, 1.807) is 0 Å². The predicted octanol–water partition coefficient (Wildman–Crippen LogP) is 3.32. The second-order valence-electron chi connectivity index (χ2n) is 7.20. The molecule has 0 spiro atoms. The summed E-state index contributed by atoms with van der Waals surface area (Å²) in [5.41, 5.74) is -1.06. The highest BCUT2D eigenvalue weighted by Gasteiger charge is 2.40. The lowest BCUT2D eigenvalue weighted by Gasteiger charge is -2.43. The van der Waals surface area contributed by atoms with Gasteiger partial charge in [0, 0.05) is 0 Å². The summed E-state index contributed by atoms with van der Waals surface area (Å²) in [6.07, 6.45) is 0. The first-order chi connectivity index (χ1) is 7.12. The molecular formula is C10H27O3Si4. The van der Waals surface area contributed by atoms with Gasteiger partial charge in [-0.15, -0.1) is 0 Å². The third kappa shape index (κ3) is 10.4. The molecule has 0 saturated heterocycles. The van der Waals surface area contributed by atoms with E-state index in [0.29, 0.717) is 0 Å². The van der Waals surface area contributed by atoms with Crippen LogP contribution in [-0.2, 0) is 13.3 Å². The Bertz CT molecular complexity index is 209. The molecule has 0 bridgehead atoms. The van der Waals surface area contributed by atoms with Gasteiger partial charge in [0.1, 0.15) is 0 Å². The minimum atomic E-state index is -1.75. The molecular weight excluding hydrogens is 280 g/mol. The summed E-state index contributed by atoms with van der Waals surface area (Å²) in [6, 6.07) is 0. The van der Waals surface area contributed by atoms with Crippen molar-refractivity contribution in [2.24, 2.45) is 0 Å². The van der Waals surface area contributed by atoms with Crippen molar-refractivity contribution in [2.75, 3.05) is 0 Å². The average molecular weight is 308 g/mol. The molecule has 0 atom stereocenters. The molecule has 0 aliphatic heterocycles. The van der Waals surface area contributed by atoms with Gasteiger partial charge in [-0.25, -0.2) is 0 Å². The first kappa shape index (κ1) is 17.7. The zero-order chi connectivity index (χ0) is 14.1. The second-order valence-corrected chi connectivity index (χ2v) is 21.1. The third-order valence-electron chi connectivity index (χ3n) is 1.32. The zero-order valence-corrected chi connectivity index (χ0v) is 16.7. The third-order valence-corrected chi connectivity index (χ3v) is 4.88. The Labute approximate surface area is 113 Å². The van der Waals surface area contributed by atoms with Crippen LogP contribution < -0.4 is 0 Å². The fraction of sp³-hybridized carbons (Fsp3) is 1.00. The van der Waals surface area contributed by atoms with Crippen LogP contribution >= 0.6 is 0 Å². The maximum atomic E-state index is 6.05. The highest BCUT2D eigenvalue weighted by Crippen LogP contribution is 2.26. The lowest BCUT2D eigenvalue weighted by molar-refractivity contribution is -0.201. The molecule has 0 aromatic rings. The summed E-state index contributed by atoms with van der Waals surface area (Å²) in [7, 11) is -1.65. The molecule has 0 aromatic carbocycles. The van der Waals surface area contributed by atoms with Crippen LogP contribution in [0.2, 0.25) is 58.9 Å². The number of hydrogen-bond donors (Lipinski definition) is 0. The van der Waals surface area contributed by atoms with Gasteiger partial charge < -0.3 is 13.3 Å². The highest BCUT2D eigenvalue weighted by molar-refractivity contribution is 6.72. The summed E-state index contributed by atoms with van der Waals surface area (Å²) >= 11 is 0. The Kier molecular flexibility index (Phi) is 5.63. The molecule has 3 nitrogen and oxygen atoms in total. The first-order valence-corrected chi connectivity index (χ1v) is 16.7. The largest absolute Gasteiger partial charge is 0.375 e. The summed E-state index contributed by atoms with van der Waals surface area (Å²) < 4.78 is 18.2. The SMILES string of the molecule is C[Si](C)(C)OC([Si])(O[Si](C)(C)C)O[Si](C)(C)C. The highest BCUT2D eigenvalue weighted by atomic mass is 28.4. The van der Waals surface area contributed by atoms with Crippen molar-refractivity contribution in [3.05, 3.63) is 0 Å². The molecule has 0 saturated carbocycles. The minimum Gasteiger partial charge on any atom is -0.375 e. The van der Waals surface area contributed by atoms with Gasteiger partial charge in [-0.05, 0) is 58.9 Å². The summed E-state index contributed by atoms with van der Waals surface area (Å²) in [5, 5.41) is 0. The van der Waals surface area contributed by atoms with E-state index in [4.69, 9.17) is 13.3 Å². The average Bonchev–Trinajstić information content (AvgIpc) is 1.65. The van der Waals surface area contributed by atoms with E-state index < -0.39 is 30.5 Å². The van der Waals surface area contributed by atoms with Gasteiger partial charge in [0.2, 0.25) is 5.60 Å². The van der Waals surface area contributed by atoms with Gasteiger partial charge >= 0.3 is 0 Å². The first-order valence-electron chi connectivity index (χ1n) is 5.97. The Morgan fingerprint density at radius 2 is 0.765 bits per heavy atom. The molecule has 0 aliphatic carbocycles. The van der Waals surface area contributed by atoms with Gasteiger partial charge in [0.25, 0.3) is 0 Å². The summed E-state index contributed by atoms with van der Waals surface area (Å²) in [5.74, 6) is 0. The Balaban J connectivity index is 4.95. The number of hydrogen-bond acceptors (Lipinski definition) is 3. The lowest BCUT2D eigenvalue weighted by Crippen LogP contribution is -2.56. The lowest BCUT2D eigenvalue weighted by atomic mass is 11.3. The quantitative estimate of drug-likeness (QED) is 0.556. The van der Waals surface area contributed by atoms with Crippen LogP contribution in [0.1, 0.15) is 0 Å². The minimum absolute atomic E-state index is 1.06. The van der Waals surface area contributed by atoms with Crippen molar-refractivity contribution >= 4 is 35.2 Å². The molecule has 17 heavy (non-hydrogen) atoms. The van der Waals surface area contributed by atoms with E-state index in [1.807, 2.05) is 0 Å². The van der Waals surface area contributed by atoms with E-state index in [0.717, 1.165) is 0 Å². The topological polar surface area (TPSA) is 27.7 Å². The zero-order valence-electron chi connectivity index (χ0n) is 12.7. The van der Waals surface area contributed by atoms with Crippen LogP contribution in [-0.4, -0.2) is 40.8 Å². The smallest absolute Gasteiger partial charge is 0.221 e. The van der Waals surface area contributed by atoms with E-state index in [2.05, 4.69) is 69.2 Å². The van der Waals surface area contributed by atoms with E-state index in [1.165, 1.54) is 0 Å². The van der Waals surface area contributed by atoms with Crippen molar-refractivity contribution in [3.63, 3.8) is 0 Å². The van der Waals surface area contributed by atoms with Crippen LogP contribution in [0.3, 0.4) is 0 Å². The van der Waals surface area contributed by atoms with Crippen LogP contribution in [0, 0.1) is 0 Å². The molecule has 7 heteroatoms. The molecule has 0 aliphatic rings. The van der Waals surface area contributed by atoms with Gasteiger partial charge in [-0.3, -0.25) is 0 Å². The van der Waals surface area contributed by atoms with Gasteiger partial charge in [0.05, 0.1) is 0 Å². The van der Waals surface area contributed by atoms with Crippen LogP contribution in [0.25, 0.3) is 0 Å².